The van der Waals surface area contributed by atoms with Gasteiger partial charge >= 0.3 is 0 Å². The van der Waals surface area contributed by atoms with Crippen LogP contribution in [0.15, 0.2) is 47.4 Å². The van der Waals surface area contributed by atoms with Crippen molar-refractivity contribution in [3.63, 3.8) is 0 Å². The second-order valence-corrected chi connectivity index (χ2v) is 8.42. The lowest BCUT2D eigenvalue weighted by molar-refractivity contribution is -0.114. The van der Waals surface area contributed by atoms with Crippen LogP contribution in [0.1, 0.15) is 0 Å². The van der Waals surface area contributed by atoms with Crippen LogP contribution in [-0.2, 0) is 19.6 Å². The molecule has 2 aromatic carbocycles. The van der Waals surface area contributed by atoms with Crippen molar-refractivity contribution in [2.75, 3.05) is 43.5 Å². The molecule has 1 heterocycles. The molecule has 3 rings (SSSR count). The third kappa shape index (κ3) is 4.99. The van der Waals surface area contributed by atoms with E-state index in [1.165, 1.54) is 40.7 Å². The molecule has 150 valence electrons. The van der Waals surface area contributed by atoms with E-state index in [2.05, 4.69) is 10.6 Å². The number of carbonyl (C=O) groups is 1. The van der Waals surface area contributed by atoms with Crippen LogP contribution in [0.25, 0.3) is 0 Å². The Balaban J connectivity index is 1.57. The topological polar surface area (TPSA) is 87.7 Å². The van der Waals surface area contributed by atoms with Gasteiger partial charge in [-0.2, -0.15) is 4.31 Å². The van der Waals surface area contributed by atoms with Crippen molar-refractivity contribution in [2.24, 2.45) is 0 Å². The van der Waals surface area contributed by atoms with Crippen LogP contribution < -0.4 is 10.6 Å². The standard InChI is InChI=1S/C18H19ClFN3O4S/c19-16-6-3-14(11-17(16)20)21-12-18(24)22-13-1-4-15(5-2-13)28(25,26)23-7-9-27-10-8-23/h1-6,11,21H,7-10,12H2,(H,22,24). The van der Waals surface area contributed by atoms with Gasteiger partial charge in [0.05, 0.1) is 29.7 Å². The van der Waals surface area contributed by atoms with Gasteiger partial charge in [0, 0.05) is 24.5 Å². The van der Waals surface area contributed by atoms with Crippen molar-refractivity contribution in [3.8, 4) is 0 Å². The molecule has 2 N–H and O–H groups in total. The molecule has 7 nitrogen and oxygen atoms in total. The Bertz CT molecular complexity index is 948. The normalized spacial score (nSPS) is 15.2. The summed E-state index contributed by atoms with van der Waals surface area (Å²) in [4.78, 5) is 12.2. The smallest absolute Gasteiger partial charge is 0.243 e. The number of hydrogen-bond donors (Lipinski definition) is 2. The van der Waals surface area contributed by atoms with Crippen molar-refractivity contribution in [2.45, 2.75) is 4.90 Å². The first-order valence-corrected chi connectivity index (χ1v) is 10.3. The van der Waals surface area contributed by atoms with Gasteiger partial charge in [0.1, 0.15) is 5.82 Å². The van der Waals surface area contributed by atoms with Gasteiger partial charge in [-0.25, -0.2) is 12.8 Å². The maximum absolute atomic E-state index is 13.4. The Kier molecular flexibility index (Phi) is 6.50. The minimum atomic E-state index is -3.58. The summed E-state index contributed by atoms with van der Waals surface area (Å²) < 4.78 is 45.1. The summed E-state index contributed by atoms with van der Waals surface area (Å²) in [7, 11) is -3.58. The average molecular weight is 428 g/mol. The molecule has 2 aromatic rings. The van der Waals surface area contributed by atoms with E-state index in [0.717, 1.165) is 0 Å². The lowest BCUT2D eigenvalue weighted by Crippen LogP contribution is -2.40. The number of nitrogens with one attached hydrogen (secondary N) is 2. The number of amides is 1. The van der Waals surface area contributed by atoms with Gasteiger partial charge in [0.15, 0.2) is 0 Å². The van der Waals surface area contributed by atoms with E-state index in [0.29, 0.717) is 37.7 Å². The lowest BCUT2D eigenvalue weighted by atomic mass is 10.3. The first kappa shape index (κ1) is 20.5. The highest BCUT2D eigenvalue weighted by Gasteiger charge is 2.26. The second kappa shape index (κ2) is 8.87. The molecule has 1 aliphatic heterocycles. The van der Waals surface area contributed by atoms with Crippen LogP contribution in [0.3, 0.4) is 0 Å². The highest BCUT2D eigenvalue weighted by atomic mass is 35.5. The Morgan fingerprint density at radius 1 is 1.11 bits per heavy atom. The van der Waals surface area contributed by atoms with Crippen LogP contribution in [0.5, 0.6) is 0 Å². The van der Waals surface area contributed by atoms with Crippen LogP contribution in [0.4, 0.5) is 15.8 Å². The van der Waals surface area contributed by atoms with Crippen molar-refractivity contribution < 1.29 is 22.3 Å². The van der Waals surface area contributed by atoms with E-state index in [9.17, 15) is 17.6 Å². The Morgan fingerprint density at radius 2 is 1.75 bits per heavy atom. The van der Waals surface area contributed by atoms with E-state index in [-0.39, 0.29) is 22.4 Å². The van der Waals surface area contributed by atoms with Crippen LogP contribution in [0, 0.1) is 5.82 Å². The molecule has 0 radical (unpaired) electrons. The Hall–Kier alpha value is -2.20. The summed E-state index contributed by atoms with van der Waals surface area (Å²) in [6.45, 7) is 1.29. The van der Waals surface area contributed by atoms with Gasteiger partial charge in [0.2, 0.25) is 15.9 Å². The molecule has 0 atom stereocenters. The largest absolute Gasteiger partial charge is 0.379 e. The molecule has 0 aliphatic carbocycles. The number of sulfonamides is 1. The van der Waals surface area contributed by atoms with Gasteiger partial charge in [-0.05, 0) is 42.5 Å². The number of rotatable bonds is 6. The Morgan fingerprint density at radius 3 is 2.39 bits per heavy atom. The zero-order valence-electron chi connectivity index (χ0n) is 14.8. The van der Waals surface area contributed by atoms with Gasteiger partial charge in [0.25, 0.3) is 0 Å². The highest BCUT2D eigenvalue weighted by molar-refractivity contribution is 7.89. The minimum absolute atomic E-state index is 0.00197. The summed E-state index contributed by atoms with van der Waals surface area (Å²) in [6.07, 6.45) is 0. The van der Waals surface area contributed by atoms with E-state index in [1.807, 2.05) is 0 Å². The molecule has 0 unspecified atom stereocenters. The van der Waals surface area contributed by atoms with E-state index in [1.54, 1.807) is 6.07 Å². The van der Waals surface area contributed by atoms with Crippen LogP contribution in [0.2, 0.25) is 5.02 Å². The van der Waals surface area contributed by atoms with Crippen molar-refractivity contribution in [1.29, 1.82) is 0 Å². The van der Waals surface area contributed by atoms with Crippen LogP contribution >= 0.6 is 11.6 Å². The third-order valence-corrected chi connectivity index (χ3v) is 6.34. The highest BCUT2D eigenvalue weighted by Crippen LogP contribution is 2.20. The minimum Gasteiger partial charge on any atom is -0.379 e. The molecule has 1 fully saturated rings. The molecule has 0 spiro atoms. The lowest BCUT2D eigenvalue weighted by Gasteiger charge is -2.26. The summed E-state index contributed by atoms with van der Waals surface area (Å²) in [5.74, 6) is -0.941. The fourth-order valence-corrected chi connectivity index (χ4v) is 4.17. The average Bonchev–Trinajstić information content (AvgIpc) is 2.70. The summed E-state index contributed by atoms with van der Waals surface area (Å²) in [5, 5.41) is 5.43. The van der Waals surface area contributed by atoms with E-state index < -0.39 is 15.8 Å². The number of hydrogen-bond acceptors (Lipinski definition) is 5. The van der Waals surface area contributed by atoms with Crippen molar-refractivity contribution >= 4 is 38.9 Å². The maximum Gasteiger partial charge on any atom is 0.243 e. The molecule has 0 saturated carbocycles. The fraction of sp³-hybridized carbons (Fsp3) is 0.278. The predicted molar refractivity (Wildman–Crippen MR) is 105 cm³/mol. The number of anilines is 2. The molecular formula is C18H19ClFN3O4S. The Labute approximate surface area is 167 Å². The van der Waals surface area contributed by atoms with Crippen LogP contribution in [-0.4, -0.2) is 51.5 Å². The van der Waals surface area contributed by atoms with Gasteiger partial charge in [-0.15, -0.1) is 0 Å². The van der Waals surface area contributed by atoms with Gasteiger partial charge in [-0.1, -0.05) is 11.6 Å². The monoisotopic (exact) mass is 427 g/mol. The number of carbonyl (C=O) groups excluding carboxylic acids is 1. The van der Waals surface area contributed by atoms with E-state index >= 15 is 0 Å². The molecule has 10 heteroatoms. The molecule has 0 bridgehead atoms. The summed E-state index contributed by atoms with van der Waals surface area (Å²) >= 11 is 5.61. The zero-order valence-corrected chi connectivity index (χ0v) is 16.4. The first-order valence-electron chi connectivity index (χ1n) is 8.53. The molecular weight excluding hydrogens is 409 g/mol. The SMILES string of the molecule is O=C(CNc1ccc(Cl)c(F)c1)Nc1ccc(S(=O)(=O)N2CCOCC2)cc1. The fourth-order valence-electron chi connectivity index (χ4n) is 2.64. The number of benzene rings is 2. The van der Waals surface area contributed by atoms with Gasteiger partial charge in [-0.3, -0.25) is 4.79 Å². The summed E-state index contributed by atoms with van der Waals surface area (Å²) in [6, 6.07) is 10.1. The molecule has 1 aliphatic rings. The second-order valence-electron chi connectivity index (χ2n) is 6.07. The molecule has 1 saturated heterocycles. The van der Waals surface area contributed by atoms with Gasteiger partial charge < -0.3 is 15.4 Å². The first-order chi connectivity index (χ1) is 13.4. The number of halogens is 2. The van der Waals surface area contributed by atoms with Crippen molar-refractivity contribution in [1.82, 2.24) is 4.31 Å². The maximum atomic E-state index is 13.4. The third-order valence-electron chi connectivity index (χ3n) is 4.12. The molecule has 0 aromatic heterocycles. The predicted octanol–water partition coefficient (Wildman–Crippen LogP) is 2.55. The number of nitrogens with zero attached hydrogens (tertiary/aromatic N) is 1. The summed E-state index contributed by atoms with van der Waals surface area (Å²) in [5.41, 5.74) is 0.874. The number of ether oxygens (including phenoxy) is 1. The molecule has 1 amide bonds. The zero-order chi connectivity index (χ0) is 20.1. The molecule has 28 heavy (non-hydrogen) atoms. The quantitative estimate of drug-likeness (QED) is 0.739. The van der Waals surface area contributed by atoms with Crippen molar-refractivity contribution in [3.05, 3.63) is 53.3 Å². The number of morpholine rings is 1. The van der Waals surface area contributed by atoms with E-state index in [4.69, 9.17) is 16.3 Å².